The van der Waals surface area contributed by atoms with E-state index in [0.29, 0.717) is 17.4 Å². The number of rotatable bonds is 5. The number of nitrogens with one attached hydrogen (secondary N) is 1. The summed E-state index contributed by atoms with van der Waals surface area (Å²) < 4.78 is 0. The van der Waals surface area contributed by atoms with Crippen molar-refractivity contribution in [3.05, 3.63) is 39.4 Å². The van der Waals surface area contributed by atoms with E-state index in [4.69, 9.17) is 0 Å². The number of nitro groups is 1. The van der Waals surface area contributed by atoms with E-state index in [1.54, 1.807) is 35.7 Å². The molecular weight excluding hydrogens is 290 g/mol. The van der Waals surface area contributed by atoms with Gasteiger partial charge >= 0.3 is 0 Å². The fourth-order valence-electron chi connectivity index (χ4n) is 2.39. The Morgan fingerprint density at radius 3 is 2.90 bits per heavy atom. The molecule has 1 aliphatic rings. The minimum atomic E-state index is -0.384. The quantitative estimate of drug-likeness (QED) is 0.666. The molecule has 1 aromatic rings. The summed E-state index contributed by atoms with van der Waals surface area (Å²) in [4.78, 5) is 24.5. The van der Waals surface area contributed by atoms with E-state index in [2.05, 4.69) is 12.2 Å². The van der Waals surface area contributed by atoms with Gasteiger partial charge in [-0.3, -0.25) is 20.2 Å². The van der Waals surface area contributed by atoms with Crippen molar-refractivity contribution in [2.24, 2.45) is 0 Å². The zero-order valence-electron chi connectivity index (χ0n) is 12.3. The van der Waals surface area contributed by atoms with Crippen LogP contribution in [0.1, 0.15) is 24.2 Å². The van der Waals surface area contributed by atoms with Gasteiger partial charge in [0, 0.05) is 23.4 Å². The molecule has 1 N–H and O–H groups in total. The van der Waals surface area contributed by atoms with Crippen LogP contribution in [-0.2, 0) is 4.79 Å². The average Bonchev–Trinajstić information content (AvgIpc) is 2.80. The van der Waals surface area contributed by atoms with E-state index in [-0.39, 0.29) is 29.2 Å². The molecule has 0 radical (unpaired) electrons. The van der Waals surface area contributed by atoms with Gasteiger partial charge in [0.25, 0.3) is 5.69 Å². The van der Waals surface area contributed by atoms with Crippen molar-refractivity contribution in [3.63, 3.8) is 0 Å². The monoisotopic (exact) mass is 309 g/mol. The van der Waals surface area contributed by atoms with Crippen LogP contribution < -0.4 is 5.32 Å². The Hall–Kier alpha value is -1.60. The Morgan fingerprint density at radius 2 is 2.29 bits per heavy atom. The second-order valence-corrected chi connectivity index (χ2v) is 6.46. The molecule has 2 unspecified atom stereocenters. The van der Waals surface area contributed by atoms with E-state index >= 15 is 0 Å². The summed E-state index contributed by atoms with van der Waals surface area (Å²) in [5.74, 6) is 0.0316. The highest BCUT2D eigenvalue weighted by atomic mass is 32.2. The Bertz CT molecular complexity index is 564. The molecule has 114 valence electrons. The van der Waals surface area contributed by atoms with E-state index in [1.807, 2.05) is 12.3 Å². The Labute approximate surface area is 128 Å². The number of carbonyl (C=O) groups is 1. The topological polar surface area (TPSA) is 75.5 Å². The van der Waals surface area contributed by atoms with Gasteiger partial charge in [0.2, 0.25) is 5.91 Å². The predicted octanol–water partition coefficient (Wildman–Crippen LogP) is 2.09. The third-order valence-electron chi connectivity index (χ3n) is 3.68. The van der Waals surface area contributed by atoms with Crippen LogP contribution >= 0.6 is 11.8 Å². The van der Waals surface area contributed by atoms with Gasteiger partial charge in [-0.2, -0.15) is 11.8 Å². The van der Waals surface area contributed by atoms with Crippen molar-refractivity contribution >= 4 is 23.4 Å². The molecule has 1 heterocycles. The summed E-state index contributed by atoms with van der Waals surface area (Å²) in [6.45, 7) is 4.67. The number of hydrogen-bond acceptors (Lipinski definition) is 5. The van der Waals surface area contributed by atoms with E-state index < -0.39 is 0 Å². The molecule has 1 aromatic carbocycles. The van der Waals surface area contributed by atoms with Crippen LogP contribution in [0, 0.1) is 17.0 Å². The maximum atomic E-state index is 12.0. The number of aryl methyl sites for hydroxylation is 1. The van der Waals surface area contributed by atoms with Gasteiger partial charge in [-0.15, -0.1) is 0 Å². The van der Waals surface area contributed by atoms with Crippen molar-refractivity contribution in [1.29, 1.82) is 0 Å². The summed E-state index contributed by atoms with van der Waals surface area (Å²) >= 11 is 1.69. The molecule has 0 saturated carbocycles. The lowest BCUT2D eigenvalue weighted by atomic mass is 10.1. The van der Waals surface area contributed by atoms with Crippen molar-refractivity contribution in [1.82, 2.24) is 10.2 Å². The van der Waals surface area contributed by atoms with Crippen molar-refractivity contribution in [2.45, 2.75) is 25.3 Å². The number of hydrogen-bond donors (Lipinski definition) is 1. The number of nitro benzene ring substituents is 1. The predicted molar refractivity (Wildman–Crippen MR) is 83.3 cm³/mol. The van der Waals surface area contributed by atoms with Crippen LogP contribution in [-0.4, -0.2) is 40.3 Å². The van der Waals surface area contributed by atoms with Gasteiger partial charge in [0.1, 0.15) is 6.17 Å². The Morgan fingerprint density at radius 1 is 1.57 bits per heavy atom. The molecule has 0 aromatic heterocycles. The maximum Gasteiger partial charge on any atom is 0.272 e. The third kappa shape index (κ3) is 3.36. The van der Waals surface area contributed by atoms with Crippen molar-refractivity contribution in [3.8, 4) is 0 Å². The van der Waals surface area contributed by atoms with Gasteiger partial charge < -0.3 is 4.90 Å². The van der Waals surface area contributed by atoms with Crippen LogP contribution in [0.4, 0.5) is 5.69 Å². The average molecular weight is 309 g/mol. The highest BCUT2D eigenvalue weighted by Gasteiger charge is 2.33. The van der Waals surface area contributed by atoms with Gasteiger partial charge in [0.15, 0.2) is 0 Å². The standard InChI is InChI=1S/C14H19N3O3S/c1-9-4-5-11(6-12(9)17(19)20)14-15-7-13(18)16(14)8-10(2)21-3/h4-6,10,14-15H,7-8H2,1-3H3. The molecule has 6 nitrogen and oxygen atoms in total. The lowest BCUT2D eigenvalue weighted by molar-refractivity contribution is -0.385. The molecule has 1 aliphatic heterocycles. The van der Waals surface area contributed by atoms with Gasteiger partial charge in [-0.1, -0.05) is 19.1 Å². The van der Waals surface area contributed by atoms with E-state index in [0.717, 1.165) is 5.56 Å². The summed E-state index contributed by atoms with van der Waals surface area (Å²) in [5.41, 5.74) is 1.47. The first kappa shape index (κ1) is 15.8. The maximum absolute atomic E-state index is 12.0. The van der Waals surface area contributed by atoms with Crippen LogP contribution in [0.25, 0.3) is 0 Å². The van der Waals surface area contributed by atoms with Crippen LogP contribution in [0.3, 0.4) is 0 Å². The molecule has 2 atom stereocenters. The fraction of sp³-hybridized carbons (Fsp3) is 0.500. The van der Waals surface area contributed by atoms with E-state index in [9.17, 15) is 14.9 Å². The first-order valence-corrected chi connectivity index (χ1v) is 8.03. The Kier molecular flexibility index (Phi) is 4.84. The second-order valence-electron chi connectivity index (χ2n) is 5.18. The van der Waals surface area contributed by atoms with Crippen molar-refractivity contribution in [2.75, 3.05) is 19.3 Å². The normalized spacial score (nSPS) is 19.9. The zero-order valence-corrected chi connectivity index (χ0v) is 13.1. The summed E-state index contributed by atoms with van der Waals surface area (Å²) in [6.07, 6.45) is 1.72. The number of thioether (sulfide) groups is 1. The van der Waals surface area contributed by atoms with Crippen LogP contribution in [0.2, 0.25) is 0 Å². The number of benzene rings is 1. The van der Waals surface area contributed by atoms with Crippen LogP contribution in [0.15, 0.2) is 18.2 Å². The fourth-order valence-corrected chi connectivity index (χ4v) is 2.70. The SMILES string of the molecule is CSC(C)CN1C(=O)CNC1c1ccc(C)c([N+](=O)[O-])c1. The zero-order chi connectivity index (χ0) is 15.6. The smallest absolute Gasteiger partial charge is 0.272 e. The lowest BCUT2D eigenvalue weighted by Gasteiger charge is -2.27. The lowest BCUT2D eigenvalue weighted by Crippen LogP contribution is -2.35. The molecular formula is C14H19N3O3S. The van der Waals surface area contributed by atoms with Gasteiger partial charge in [-0.25, -0.2) is 0 Å². The second kappa shape index (κ2) is 6.44. The molecule has 0 spiro atoms. The molecule has 2 rings (SSSR count). The minimum absolute atomic E-state index is 0.0316. The third-order valence-corrected chi connectivity index (χ3v) is 4.63. The molecule has 1 saturated heterocycles. The molecule has 1 amide bonds. The molecule has 7 heteroatoms. The molecule has 0 bridgehead atoms. The largest absolute Gasteiger partial charge is 0.321 e. The molecule has 1 fully saturated rings. The minimum Gasteiger partial charge on any atom is -0.321 e. The number of amides is 1. The number of carbonyl (C=O) groups excluding carboxylic acids is 1. The van der Waals surface area contributed by atoms with Gasteiger partial charge in [0.05, 0.1) is 11.5 Å². The first-order chi connectivity index (χ1) is 9.93. The molecule has 21 heavy (non-hydrogen) atoms. The van der Waals surface area contributed by atoms with Crippen LogP contribution in [0.5, 0.6) is 0 Å². The first-order valence-electron chi connectivity index (χ1n) is 6.74. The highest BCUT2D eigenvalue weighted by molar-refractivity contribution is 7.99. The molecule has 0 aliphatic carbocycles. The number of nitrogens with zero attached hydrogens (tertiary/aromatic N) is 2. The van der Waals surface area contributed by atoms with Crippen molar-refractivity contribution < 1.29 is 9.72 Å². The Balaban J connectivity index is 2.29. The van der Waals surface area contributed by atoms with Gasteiger partial charge in [-0.05, 0) is 18.7 Å². The summed E-state index contributed by atoms with van der Waals surface area (Å²) in [7, 11) is 0. The summed E-state index contributed by atoms with van der Waals surface area (Å²) in [5, 5.41) is 14.5. The van der Waals surface area contributed by atoms with E-state index in [1.165, 1.54) is 0 Å². The summed E-state index contributed by atoms with van der Waals surface area (Å²) in [6, 6.07) is 5.13. The highest BCUT2D eigenvalue weighted by Crippen LogP contribution is 2.28.